The average Bonchev–Trinajstić information content (AvgIpc) is 2.63. The van der Waals surface area contributed by atoms with Gasteiger partial charge in [-0.05, 0) is 30.7 Å². The Balaban J connectivity index is 1.77. The molecule has 0 aliphatic carbocycles. The molecular weight excluding hydrogens is 385 g/mol. The van der Waals surface area contributed by atoms with E-state index in [0.29, 0.717) is 5.56 Å². The second-order valence-corrected chi connectivity index (χ2v) is 8.01. The number of benzene rings is 1. The molecule has 3 rings (SSSR count). The second kappa shape index (κ2) is 6.97. The van der Waals surface area contributed by atoms with E-state index in [4.69, 9.17) is 0 Å². The highest BCUT2D eigenvalue weighted by Gasteiger charge is 2.35. The van der Waals surface area contributed by atoms with Crippen LogP contribution in [0.3, 0.4) is 0 Å². The number of aromatic nitrogens is 2. The van der Waals surface area contributed by atoms with E-state index in [2.05, 4.69) is 9.97 Å². The monoisotopic (exact) mass is 402 g/mol. The molecule has 0 saturated carbocycles. The van der Waals surface area contributed by atoms with Gasteiger partial charge in [0.15, 0.2) is 0 Å². The molecule has 27 heavy (non-hydrogen) atoms. The number of aryl methyl sites for hydroxylation is 1. The summed E-state index contributed by atoms with van der Waals surface area (Å²) >= 11 is 0. The van der Waals surface area contributed by atoms with Gasteiger partial charge in [-0.2, -0.15) is 17.5 Å². The summed E-state index contributed by atoms with van der Waals surface area (Å²) in [6.45, 7) is 2.05. The molecule has 0 radical (unpaired) electrons. The molecule has 7 nitrogen and oxygen atoms in total. The molecule has 146 valence electrons. The molecule has 1 saturated heterocycles. The number of hydrogen-bond donors (Lipinski definition) is 1. The summed E-state index contributed by atoms with van der Waals surface area (Å²) in [6.07, 6.45) is -3.55. The van der Waals surface area contributed by atoms with Gasteiger partial charge in [-0.1, -0.05) is 6.07 Å². The van der Waals surface area contributed by atoms with E-state index in [1.165, 1.54) is 21.3 Å². The van der Waals surface area contributed by atoms with Crippen molar-refractivity contribution in [3.8, 4) is 5.75 Å². The first kappa shape index (κ1) is 19.4. The van der Waals surface area contributed by atoms with Crippen LogP contribution >= 0.6 is 0 Å². The summed E-state index contributed by atoms with van der Waals surface area (Å²) in [6, 6.07) is 5.07. The van der Waals surface area contributed by atoms with Gasteiger partial charge in [-0.15, -0.1) is 0 Å². The van der Waals surface area contributed by atoms with E-state index < -0.39 is 21.9 Å². The van der Waals surface area contributed by atoms with Crippen molar-refractivity contribution in [2.45, 2.75) is 18.0 Å². The molecule has 2 heterocycles. The van der Waals surface area contributed by atoms with Gasteiger partial charge in [0, 0.05) is 32.4 Å². The Morgan fingerprint density at radius 1 is 1.11 bits per heavy atom. The average molecular weight is 402 g/mol. The van der Waals surface area contributed by atoms with E-state index in [1.807, 2.05) is 0 Å². The molecule has 0 atom stereocenters. The Hall–Kier alpha value is -2.40. The number of hydrogen-bond acceptors (Lipinski definition) is 6. The first-order valence-electron chi connectivity index (χ1n) is 8.04. The van der Waals surface area contributed by atoms with Gasteiger partial charge in [0.1, 0.15) is 16.3 Å². The Labute approximate surface area is 154 Å². The maximum atomic E-state index is 12.8. The third-order valence-electron chi connectivity index (χ3n) is 4.19. The van der Waals surface area contributed by atoms with Crippen LogP contribution in [0.2, 0.25) is 0 Å². The van der Waals surface area contributed by atoms with Crippen LogP contribution in [0.5, 0.6) is 5.75 Å². The van der Waals surface area contributed by atoms with Crippen molar-refractivity contribution in [1.82, 2.24) is 14.3 Å². The summed E-state index contributed by atoms with van der Waals surface area (Å²) in [5.41, 5.74) is -0.366. The molecule has 1 aromatic carbocycles. The minimum atomic E-state index is -4.58. The van der Waals surface area contributed by atoms with Crippen molar-refractivity contribution in [3.05, 3.63) is 41.7 Å². The fourth-order valence-corrected chi connectivity index (χ4v) is 4.34. The van der Waals surface area contributed by atoms with Crippen LogP contribution < -0.4 is 4.90 Å². The molecule has 0 unspecified atom stereocenters. The molecule has 1 fully saturated rings. The third-order valence-corrected chi connectivity index (χ3v) is 6.12. The Morgan fingerprint density at radius 2 is 1.78 bits per heavy atom. The largest absolute Gasteiger partial charge is 0.507 e. The lowest BCUT2D eigenvalue weighted by Crippen LogP contribution is -2.49. The first-order valence-corrected chi connectivity index (χ1v) is 9.48. The molecule has 11 heteroatoms. The number of rotatable bonds is 3. The van der Waals surface area contributed by atoms with Gasteiger partial charge in [-0.25, -0.2) is 18.4 Å². The normalized spacial score (nSPS) is 16.5. The van der Waals surface area contributed by atoms with Gasteiger partial charge >= 0.3 is 6.18 Å². The molecule has 1 aliphatic heterocycles. The van der Waals surface area contributed by atoms with Crippen molar-refractivity contribution >= 4 is 16.0 Å². The number of anilines is 1. The van der Waals surface area contributed by atoms with Crippen LogP contribution in [0, 0.1) is 6.92 Å². The number of alkyl halides is 3. The standard InChI is InChI=1S/C16H17F3N4O3S/c1-11-2-3-12(24)13(10-11)27(25,26)23-8-6-22(7-9-23)15-20-5-4-14(21-15)16(17,18)19/h2-5,10,24H,6-9H2,1H3. The first-order chi connectivity index (χ1) is 12.6. The van der Waals surface area contributed by atoms with E-state index in [0.717, 1.165) is 12.3 Å². The van der Waals surface area contributed by atoms with Crippen LogP contribution in [0.1, 0.15) is 11.3 Å². The molecule has 0 bridgehead atoms. The summed E-state index contributed by atoms with van der Waals surface area (Å²) in [5.74, 6) is -0.440. The minimum Gasteiger partial charge on any atom is -0.507 e. The summed E-state index contributed by atoms with van der Waals surface area (Å²) < 4.78 is 65.1. The van der Waals surface area contributed by atoms with Crippen LogP contribution in [-0.4, -0.2) is 54.0 Å². The predicted molar refractivity (Wildman–Crippen MR) is 90.8 cm³/mol. The molecule has 1 aromatic heterocycles. The lowest BCUT2D eigenvalue weighted by atomic mass is 10.2. The van der Waals surface area contributed by atoms with Crippen molar-refractivity contribution in [3.63, 3.8) is 0 Å². The maximum absolute atomic E-state index is 12.8. The number of nitrogens with zero attached hydrogens (tertiary/aromatic N) is 4. The van der Waals surface area contributed by atoms with E-state index >= 15 is 0 Å². The van der Waals surface area contributed by atoms with Crippen molar-refractivity contribution in [1.29, 1.82) is 0 Å². The van der Waals surface area contributed by atoms with E-state index in [1.54, 1.807) is 13.0 Å². The number of aromatic hydroxyl groups is 1. The van der Waals surface area contributed by atoms with Crippen LogP contribution in [0.4, 0.5) is 19.1 Å². The van der Waals surface area contributed by atoms with Gasteiger partial charge < -0.3 is 10.0 Å². The maximum Gasteiger partial charge on any atom is 0.433 e. The lowest BCUT2D eigenvalue weighted by molar-refractivity contribution is -0.141. The summed E-state index contributed by atoms with van der Waals surface area (Å²) in [4.78, 5) is 8.68. The Morgan fingerprint density at radius 3 is 2.41 bits per heavy atom. The van der Waals surface area contributed by atoms with Crippen LogP contribution in [0.15, 0.2) is 35.4 Å². The molecule has 1 aliphatic rings. The smallest absolute Gasteiger partial charge is 0.433 e. The van der Waals surface area contributed by atoms with Crippen LogP contribution in [0.25, 0.3) is 0 Å². The molecule has 0 spiro atoms. The highest BCUT2D eigenvalue weighted by molar-refractivity contribution is 7.89. The fourth-order valence-electron chi connectivity index (χ4n) is 2.75. The van der Waals surface area contributed by atoms with Gasteiger partial charge in [0.25, 0.3) is 0 Å². The number of piperazine rings is 1. The Kier molecular flexibility index (Phi) is 5.00. The summed E-state index contributed by atoms with van der Waals surface area (Å²) in [5, 5.41) is 9.90. The minimum absolute atomic E-state index is 0.0370. The van der Waals surface area contributed by atoms with Gasteiger partial charge in [0.2, 0.25) is 16.0 Å². The van der Waals surface area contributed by atoms with E-state index in [-0.39, 0.29) is 42.8 Å². The molecule has 1 N–H and O–H groups in total. The number of phenols is 1. The molecule has 2 aromatic rings. The number of phenolic OH excluding ortho intramolecular Hbond substituents is 1. The predicted octanol–water partition coefficient (Wildman–Crippen LogP) is 2.02. The number of halogens is 3. The highest BCUT2D eigenvalue weighted by Crippen LogP contribution is 2.30. The zero-order chi connectivity index (χ0) is 19.8. The zero-order valence-corrected chi connectivity index (χ0v) is 15.1. The fraction of sp³-hybridized carbons (Fsp3) is 0.375. The highest BCUT2D eigenvalue weighted by atomic mass is 32.2. The van der Waals surface area contributed by atoms with Crippen molar-refractivity contribution in [2.24, 2.45) is 0 Å². The lowest BCUT2D eigenvalue weighted by Gasteiger charge is -2.34. The number of sulfonamides is 1. The topological polar surface area (TPSA) is 86.6 Å². The molecular formula is C16H17F3N4O3S. The Bertz CT molecular complexity index is 942. The quantitative estimate of drug-likeness (QED) is 0.845. The van der Waals surface area contributed by atoms with Crippen LogP contribution in [-0.2, 0) is 16.2 Å². The van der Waals surface area contributed by atoms with E-state index in [9.17, 15) is 26.7 Å². The van der Waals surface area contributed by atoms with Gasteiger partial charge in [0.05, 0.1) is 0 Å². The van der Waals surface area contributed by atoms with Gasteiger partial charge in [-0.3, -0.25) is 0 Å². The van der Waals surface area contributed by atoms with Crippen molar-refractivity contribution in [2.75, 3.05) is 31.1 Å². The third kappa shape index (κ3) is 3.98. The second-order valence-electron chi connectivity index (χ2n) is 6.10. The molecule has 0 amide bonds. The SMILES string of the molecule is Cc1ccc(O)c(S(=O)(=O)N2CCN(c3nccc(C(F)(F)F)n3)CC2)c1. The zero-order valence-electron chi connectivity index (χ0n) is 14.3. The van der Waals surface area contributed by atoms with Crippen molar-refractivity contribution < 1.29 is 26.7 Å². The summed E-state index contributed by atoms with van der Waals surface area (Å²) in [7, 11) is -3.92.